The van der Waals surface area contributed by atoms with Crippen molar-refractivity contribution in [2.75, 3.05) is 26.1 Å². The van der Waals surface area contributed by atoms with E-state index in [9.17, 15) is 10.1 Å². The number of aliphatic imine (C=N–C) groups is 1. The molecule has 0 heterocycles. The third kappa shape index (κ3) is 5.10. The van der Waals surface area contributed by atoms with E-state index in [2.05, 4.69) is 15.6 Å². The Morgan fingerprint density at radius 1 is 1.15 bits per heavy atom. The zero-order valence-electron chi connectivity index (χ0n) is 15.0. The van der Waals surface area contributed by atoms with Crippen molar-refractivity contribution in [3.63, 3.8) is 0 Å². The Morgan fingerprint density at radius 2 is 1.92 bits per heavy atom. The van der Waals surface area contributed by atoms with Crippen LogP contribution in [-0.2, 0) is 6.54 Å². The minimum absolute atomic E-state index is 0.0514. The van der Waals surface area contributed by atoms with Crippen molar-refractivity contribution in [1.29, 1.82) is 0 Å². The predicted octanol–water partition coefficient (Wildman–Crippen LogP) is 3.19. The number of rotatable bonds is 7. The molecule has 0 unspecified atom stereocenters. The van der Waals surface area contributed by atoms with Crippen LogP contribution in [0.3, 0.4) is 0 Å². The van der Waals surface area contributed by atoms with Gasteiger partial charge in [0.2, 0.25) is 0 Å². The van der Waals surface area contributed by atoms with E-state index >= 15 is 0 Å². The van der Waals surface area contributed by atoms with Crippen molar-refractivity contribution in [2.45, 2.75) is 13.5 Å². The lowest BCUT2D eigenvalue weighted by Gasteiger charge is -2.13. The number of ether oxygens (including phenoxy) is 2. The standard InChI is InChI=1S/C18H22N4O4/c1-4-19-18(20-12-13-6-5-7-15(10-13)22(23)24)21-14-8-9-16(25-2)17(11-14)26-3/h5-11H,4,12H2,1-3H3,(H2,19,20,21). The summed E-state index contributed by atoms with van der Waals surface area (Å²) in [4.78, 5) is 14.9. The molecule has 8 heteroatoms. The molecule has 0 spiro atoms. The van der Waals surface area contributed by atoms with Gasteiger partial charge in [-0.2, -0.15) is 0 Å². The first-order valence-corrected chi connectivity index (χ1v) is 8.08. The smallest absolute Gasteiger partial charge is 0.269 e. The summed E-state index contributed by atoms with van der Waals surface area (Å²) in [5, 5.41) is 17.2. The fourth-order valence-electron chi connectivity index (χ4n) is 2.30. The van der Waals surface area contributed by atoms with Gasteiger partial charge in [-0.1, -0.05) is 12.1 Å². The molecule has 0 aliphatic rings. The van der Waals surface area contributed by atoms with Gasteiger partial charge in [-0.15, -0.1) is 0 Å². The summed E-state index contributed by atoms with van der Waals surface area (Å²) in [6, 6.07) is 11.9. The topological polar surface area (TPSA) is 98.0 Å². The van der Waals surface area contributed by atoms with E-state index < -0.39 is 4.92 Å². The normalized spacial score (nSPS) is 11.0. The monoisotopic (exact) mass is 358 g/mol. The van der Waals surface area contributed by atoms with E-state index in [4.69, 9.17) is 9.47 Å². The van der Waals surface area contributed by atoms with E-state index in [1.807, 2.05) is 13.0 Å². The van der Waals surface area contributed by atoms with Crippen molar-refractivity contribution >= 4 is 17.3 Å². The molecule has 0 radical (unpaired) electrons. The molecule has 26 heavy (non-hydrogen) atoms. The van der Waals surface area contributed by atoms with Gasteiger partial charge in [-0.25, -0.2) is 4.99 Å². The first-order chi connectivity index (χ1) is 12.6. The van der Waals surface area contributed by atoms with Crippen molar-refractivity contribution in [3.8, 4) is 11.5 Å². The second kappa shape index (κ2) is 9.26. The summed E-state index contributed by atoms with van der Waals surface area (Å²) in [6.45, 7) is 2.94. The molecule has 0 aliphatic carbocycles. The minimum Gasteiger partial charge on any atom is -0.493 e. The number of non-ortho nitro benzene ring substituents is 1. The SMILES string of the molecule is CCNC(=NCc1cccc([N+](=O)[O-])c1)Nc1ccc(OC)c(OC)c1. The highest BCUT2D eigenvalue weighted by Crippen LogP contribution is 2.29. The number of nitrogens with one attached hydrogen (secondary N) is 2. The van der Waals surface area contributed by atoms with Gasteiger partial charge in [0, 0.05) is 30.4 Å². The summed E-state index contributed by atoms with van der Waals surface area (Å²) in [5.74, 6) is 1.80. The maximum Gasteiger partial charge on any atom is 0.269 e. The van der Waals surface area contributed by atoms with Crippen LogP contribution in [0.4, 0.5) is 11.4 Å². The zero-order chi connectivity index (χ0) is 18.9. The second-order valence-corrected chi connectivity index (χ2v) is 5.32. The number of nitro benzene ring substituents is 1. The summed E-state index contributed by atoms with van der Waals surface area (Å²) < 4.78 is 10.5. The third-order valence-electron chi connectivity index (χ3n) is 3.53. The molecule has 0 saturated carbocycles. The zero-order valence-corrected chi connectivity index (χ0v) is 15.0. The number of nitrogens with zero attached hydrogens (tertiary/aromatic N) is 2. The molecule has 8 nitrogen and oxygen atoms in total. The van der Waals surface area contributed by atoms with E-state index in [0.29, 0.717) is 30.5 Å². The van der Waals surface area contributed by atoms with Crippen LogP contribution in [0.5, 0.6) is 11.5 Å². The molecule has 2 rings (SSSR count). The summed E-state index contributed by atoms with van der Waals surface area (Å²) in [6.07, 6.45) is 0. The lowest BCUT2D eigenvalue weighted by Crippen LogP contribution is -2.30. The van der Waals surface area contributed by atoms with Gasteiger partial charge in [0.25, 0.3) is 5.69 Å². The van der Waals surface area contributed by atoms with Gasteiger partial charge in [-0.3, -0.25) is 10.1 Å². The first kappa shape index (κ1) is 19.0. The number of methoxy groups -OCH3 is 2. The maximum atomic E-state index is 10.9. The summed E-state index contributed by atoms with van der Waals surface area (Å²) in [7, 11) is 3.15. The lowest BCUT2D eigenvalue weighted by molar-refractivity contribution is -0.384. The third-order valence-corrected chi connectivity index (χ3v) is 3.53. The molecular weight excluding hydrogens is 336 g/mol. The van der Waals surface area contributed by atoms with E-state index in [0.717, 1.165) is 11.3 Å². The number of benzene rings is 2. The number of hydrogen-bond donors (Lipinski definition) is 2. The van der Waals surface area contributed by atoms with E-state index in [1.54, 1.807) is 38.5 Å². The molecule has 2 N–H and O–H groups in total. The Bertz CT molecular complexity index is 793. The molecule has 0 aliphatic heterocycles. The van der Waals surface area contributed by atoms with Crippen LogP contribution in [0.1, 0.15) is 12.5 Å². The Morgan fingerprint density at radius 3 is 2.58 bits per heavy atom. The number of nitro groups is 1. The van der Waals surface area contributed by atoms with Crippen molar-refractivity contribution < 1.29 is 14.4 Å². The predicted molar refractivity (Wildman–Crippen MR) is 101 cm³/mol. The van der Waals surface area contributed by atoms with Crippen LogP contribution in [0.25, 0.3) is 0 Å². The van der Waals surface area contributed by atoms with Crippen LogP contribution in [0.15, 0.2) is 47.5 Å². The van der Waals surface area contributed by atoms with Crippen LogP contribution >= 0.6 is 0 Å². The molecule has 0 saturated heterocycles. The van der Waals surface area contributed by atoms with Crippen molar-refractivity contribution in [3.05, 3.63) is 58.1 Å². The molecule has 0 atom stereocenters. The van der Waals surface area contributed by atoms with Gasteiger partial charge in [0.1, 0.15) is 0 Å². The molecule has 0 bridgehead atoms. The van der Waals surface area contributed by atoms with Crippen LogP contribution < -0.4 is 20.1 Å². The van der Waals surface area contributed by atoms with Gasteiger partial charge >= 0.3 is 0 Å². The summed E-state index contributed by atoms with van der Waals surface area (Å²) in [5.41, 5.74) is 1.58. The average molecular weight is 358 g/mol. The Hall–Kier alpha value is -3.29. The van der Waals surface area contributed by atoms with E-state index in [1.165, 1.54) is 12.1 Å². The Labute approximate surface area is 152 Å². The summed E-state index contributed by atoms with van der Waals surface area (Å²) >= 11 is 0. The lowest BCUT2D eigenvalue weighted by atomic mass is 10.2. The number of hydrogen-bond acceptors (Lipinski definition) is 5. The molecule has 0 amide bonds. The molecule has 2 aromatic carbocycles. The number of guanidine groups is 1. The second-order valence-electron chi connectivity index (χ2n) is 5.32. The van der Waals surface area contributed by atoms with E-state index in [-0.39, 0.29) is 5.69 Å². The molecule has 2 aromatic rings. The fourth-order valence-corrected chi connectivity index (χ4v) is 2.30. The van der Waals surface area contributed by atoms with Crippen LogP contribution in [-0.4, -0.2) is 31.6 Å². The highest BCUT2D eigenvalue weighted by molar-refractivity contribution is 5.93. The minimum atomic E-state index is -0.416. The highest BCUT2D eigenvalue weighted by atomic mass is 16.6. The molecule has 138 valence electrons. The Kier molecular flexibility index (Phi) is 6.78. The quantitative estimate of drug-likeness (QED) is 0.341. The maximum absolute atomic E-state index is 10.9. The highest BCUT2D eigenvalue weighted by Gasteiger charge is 2.08. The van der Waals surface area contributed by atoms with Gasteiger partial charge < -0.3 is 20.1 Å². The molecule has 0 fully saturated rings. The van der Waals surface area contributed by atoms with Gasteiger partial charge in [0.05, 0.1) is 25.7 Å². The largest absolute Gasteiger partial charge is 0.493 e. The first-order valence-electron chi connectivity index (χ1n) is 8.08. The molecule has 0 aromatic heterocycles. The molecular formula is C18H22N4O4. The number of anilines is 1. The van der Waals surface area contributed by atoms with Gasteiger partial charge in [0.15, 0.2) is 17.5 Å². The fraction of sp³-hybridized carbons (Fsp3) is 0.278. The van der Waals surface area contributed by atoms with Crippen molar-refractivity contribution in [2.24, 2.45) is 4.99 Å². The van der Waals surface area contributed by atoms with Crippen LogP contribution in [0.2, 0.25) is 0 Å². The average Bonchev–Trinajstić information content (AvgIpc) is 2.66. The van der Waals surface area contributed by atoms with Gasteiger partial charge in [-0.05, 0) is 24.6 Å². The van der Waals surface area contributed by atoms with Crippen molar-refractivity contribution in [1.82, 2.24) is 5.32 Å². The Balaban J connectivity index is 2.16. The van der Waals surface area contributed by atoms with Crippen LogP contribution in [0, 0.1) is 10.1 Å².